The summed E-state index contributed by atoms with van der Waals surface area (Å²) < 4.78 is 24.1. The van der Waals surface area contributed by atoms with Gasteiger partial charge in [-0.25, -0.2) is 4.39 Å². The molecule has 0 aliphatic heterocycles. The van der Waals surface area contributed by atoms with E-state index in [2.05, 4.69) is 5.32 Å². The first kappa shape index (κ1) is 24.8. The van der Waals surface area contributed by atoms with Gasteiger partial charge in [0.1, 0.15) is 23.4 Å². The number of benzene rings is 3. The zero-order valence-electron chi connectivity index (χ0n) is 19.4. The van der Waals surface area contributed by atoms with Gasteiger partial charge in [0.2, 0.25) is 5.91 Å². The van der Waals surface area contributed by atoms with Crippen LogP contribution in [0.15, 0.2) is 78.9 Å². The van der Waals surface area contributed by atoms with Crippen molar-refractivity contribution >= 4 is 11.8 Å². The standard InChI is InChI=1S/C27H29FN2O4/c1-20(27(32)29-17-16-21-10-14-24(33-2)15-11-21)30(18-22-8-12-23(28)13-9-22)26(31)19-34-25-6-4-3-5-7-25/h3-15,20H,16-19H2,1-2H3,(H,29,32). The Morgan fingerprint density at radius 2 is 1.56 bits per heavy atom. The number of rotatable bonds is 11. The van der Waals surface area contributed by atoms with Gasteiger partial charge < -0.3 is 19.7 Å². The third-order valence-electron chi connectivity index (χ3n) is 5.41. The van der Waals surface area contributed by atoms with Crippen molar-refractivity contribution in [3.63, 3.8) is 0 Å². The number of ether oxygens (including phenoxy) is 2. The van der Waals surface area contributed by atoms with Crippen molar-refractivity contribution in [3.05, 3.63) is 95.8 Å². The molecule has 3 aromatic carbocycles. The smallest absolute Gasteiger partial charge is 0.261 e. The average molecular weight is 465 g/mol. The van der Waals surface area contributed by atoms with E-state index >= 15 is 0 Å². The summed E-state index contributed by atoms with van der Waals surface area (Å²) in [5.74, 6) is 0.358. The molecule has 6 nitrogen and oxygen atoms in total. The van der Waals surface area contributed by atoms with Gasteiger partial charge in [0.05, 0.1) is 7.11 Å². The molecule has 1 unspecified atom stereocenters. The van der Waals surface area contributed by atoms with E-state index < -0.39 is 6.04 Å². The van der Waals surface area contributed by atoms with Gasteiger partial charge in [-0.05, 0) is 60.9 Å². The number of para-hydroxylation sites is 1. The Morgan fingerprint density at radius 1 is 0.912 bits per heavy atom. The maximum atomic E-state index is 13.3. The zero-order chi connectivity index (χ0) is 24.3. The summed E-state index contributed by atoms with van der Waals surface area (Å²) in [5, 5.41) is 2.90. The predicted octanol–water partition coefficient (Wildman–Crippen LogP) is 3.99. The molecule has 2 amide bonds. The SMILES string of the molecule is COc1ccc(CCNC(=O)C(C)N(Cc2ccc(F)cc2)C(=O)COc2ccccc2)cc1. The van der Waals surface area contributed by atoms with Gasteiger partial charge in [-0.1, -0.05) is 42.5 Å². The van der Waals surface area contributed by atoms with Crippen LogP contribution < -0.4 is 14.8 Å². The molecule has 0 saturated carbocycles. The van der Waals surface area contributed by atoms with Gasteiger partial charge in [0.25, 0.3) is 5.91 Å². The first-order valence-corrected chi connectivity index (χ1v) is 11.1. The van der Waals surface area contributed by atoms with Crippen LogP contribution in [-0.4, -0.2) is 43.0 Å². The molecular weight excluding hydrogens is 435 g/mol. The lowest BCUT2D eigenvalue weighted by Crippen LogP contribution is -2.49. The van der Waals surface area contributed by atoms with Gasteiger partial charge in [0.15, 0.2) is 6.61 Å². The van der Waals surface area contributed by atoms with E-state index in [1.54, 1.807) is 38.3 Å². The molecule has 178 valence electrons. The lowest BCUT2D eigenvalue weighted by atomic mass is 10.1. The lowest BCUT2D eigenvalue weighted by Gasteiger charge is -2.28. The molecule has 0 saturated heterocycles. The molecule has 0 aromatic heterocycles. The van der Waals surface area contributed by atoms with Crippen LogP contribution in [0.25, 0.3) is 0 Å². The third-order valence-corrected chi connectivity index (χ3v) is 5.41. The maximum absolute atomic E-state index is 13.3. The Bertz CT molecular complexity index is 1060. The summed E-state index contributed by atoms with van der Waals surface area (Å²) in [5.41, 5.74) is 1.77. The number of halogens is 1. The van der Waals surface area contributed by atoms with Crippen molar-refractivity contribution in [1.29, 1.82) is 0 Å². The van der Waals surface area contributed by atoms with Crippen LogP contribution in [-0.2, 0) is 22.6 Å². The number of carbonyl (C=O) groups excluding carboxylic acids is 2. The summed E-state index contributed by atoms with van der Waals surface area (Å²) in [6, 6.07) is 21.7. The Morgan fingerprint density at radius 3 is 2.21 bits per heavy atom. The molecule has 0 radical (unpaired) electrons. The van der Waals surface area contributed by atoms with Crippen molar-refractivity contribution in [3.8, 4) is 11.5 Å². The quantitative estimate of drug-likeness (QED) is 0.466. The van der Waals surface area contributed by atoms with Gasteiger partial charge in [0, 0.05) is 13.1 Å². The van der Waals surface area contributed by atoms with Gasteiger partial charge >= 0.3 is 0 Å². The Hall–Kier alpha value is -3.87. The van der Waals surface area contributed by atoms with Crippen LogP contribution in [0.2, 0.25) is 0 Å². The average Bonchev–Trinajstić information content (AvgIpc) is 2.87. The van der Waals surface area contributed by atoms with Crippen molar-refractivity contribution in [2.45, 2.75) is 25.9 Å². The molecule has 0 bridgehead atoms. The highest BCUT2D eigenvalue weighted by Crippen LogP contribution is 2.14. The molecule has 1 N–H and O–H groups in total. The topological polar surface area (TPSA) is 67.9 Å². The number of carbonyl (C=O) groups is 2. The Kier molecular flexibility index (Phi) is 9.03. The van der Waals surface area contributed by atoms with Gasteiger partial charge in [-0.15, -0.1) is 0 Å². The molecule has 0 aliphatic rings. The molecule has 0 spiro atoms. The molecule has 0 aliphatic carbocycles. The molecule has 34 heavy (non-hydrogen) atoms. The Balaban J connectivity index is 1.62. The molecule has 3 rings (SSSR count). The first-order chi connectivity index (χ1) is 16.5. The minimum absolute atomic E-state index is 0.157. The normalized spacial score (nSPS) is 11.4. The van der Waals surface area contributed by atoms with E-state index in [9.17, 15) is 14.0 Å². The third kappa shape index (κ3) is 7.33. The van der Waals surface area contributed by atoms with Gasteiger partial charge in [-0.3, -0.25) is 9.59 Å². The summed E-state index contributed by atoms with van der Waals surface area (Å²) in [6.45, 7) is 2.04. The van der Waals surface area contributed by atoms with Crippen molar-refractivity contribution in [2.75, 3.05) is 20.3 Å². The van der Waals surface area contributed by atoms with E-state index in [4.69, 9.17) is 9.47 Å². The highest BCUT2D eigenvalue weighted by molar-refractivity contribution is 5.88. The van der Waals surface area contributed by atoms with Crippen LogP contribution in [0.5, 0.6) is 11.5 Å². The van der Waals surface area contributed by atoms with Crippen LogP contribution in [0.3, 0.4) is 0 Å². The van der Waals surface area contributed by atoms with Crippen LogP contribution in [0.4, 0.5) is 4.39 Å². The second-order valence-electron chi connectivity index (χ2n) is 7.81. The fourth-order valence-electron chi connectivity index (χ4n) is 3.38. The van der Waals surface area contributed by atoms with E-state index in [0.29, 0.717) is 24.3 Å². The highest BCUT2D eigenvalue weighted by Gasteiger charge is 2.26. The minimum atomic E-state index is -0.743. The summed E-state index contributed by atoms with van der Waals surface area (Å²) in [4.78, 5) is 27.3. The first-order valence-electron chi connectivity index (χ1n) is 11.1. The molecule has 1 atom stereocenters. The Labute approximate surface area is 199 Å². The fourth-order valence-corrected chi connectivity index (χ4v) is 3.38. The number of nitrogens with one attached hydrogen (secondary N) is 1. The number of hydrogen-bond donors (Lipinski definition) is 1. The fraction of sp³-hybridized carbons (Fsp3) is 0.259. The number of amides is 2. The van der Waals surface area contributed by atoms with Crippen molar-refractivity contribution in [1.82, 2.24) is 10.2 Å². The molecular formula is C27H29FN2O4. The van der Waals surface area contributed by atoms with E-state index in [1.165, 1.54) is 17.0 Å². The molecule has 0 heterocycles. The predicted molar refractivity (Wildman–Crippen MR) is 128 cm³/mol. The highest BCUT2D eigenvalue weighted by atomic mass is 19.1. The second kappa shape index (κ2) is 12.4. The maximum Gasteiger partial charge on any atom is 0.261 e. The second-order valence-corrected chi connectivity index (χ2v) is 7.81. The number of nitrogens with zero attached hydrogens (tertiary/aromatic N) is 1. The molecule has 7 heteroatoms. The van der Waals surface area contributed by atoms with E-state index in [-0.39, 0.29) is 30.8 Å². The van der Waals surface area contributed by atoms with Crippen LogP contribution in [0, 0.1) is 5.82 Å². The molecule has 3 aromatic rings. The van der Waals surface area contributed by atoms with Gasteiger partial charge in [-0.2, -0.15) is 0 Å². The van der Waals surface area contributed by atoms with E-state index in [0.717, 1.165) is 11.3 Å². The number of methoxy groups -OCH3 is 1. The number of hydrogen-bond acceptors (Lipinski definition) is 4. The summed E-state index contributed by atoms with van der Waals surface area (Å²) in [6.07, 6.45) is 0.644. The minimum Gasteiger partial charge on any atom is -0.497 e. The lowest BCUT2D eigenvalue weighted by molar-refractivity contribution is -0.142. The zero-order valence-corrected chi connectivity index (χ0v) is 19.4. The largest absolute Gasteiger partial charge is 0.497 e. The monoisotopic (exact) mass is 464 g/mol. The molecule has 0 fully saturated rings. The van der Waals surface area contributed by atoms with Crippen molar-refractivity contribution in [2.24, 2.45) is 0 Å². The van der Waals surface area contributed by atoms with E-state index in [1.807, 2.05) is 42.5 Å². The summed E-state index contributed by atoms with van der Waals surface area (Å²) in [7, 11) is 1.61. The van der Waals surface area contributed by atoms with Crippen LogP contribution in [0.1, 0.15) is 18.1 Å². The van der Waals surface area contributed by atoms with Crippen molar-refractivity contribution < 1.29 is 23.5 Å². The van der Waals surface area contributed by atoms with Crippen LogP contribution >= 0.6 is 0 Å². The summed E-state index contributed by atoms with van der Waals surface area (Å²) >= 11 is 0.